The summed E-state index contributed by atoms with van der Waals surface area (Å²) in [7, 11) is -3.55. The predicted molar refractivity (Wildman–Crippen MR) is 91.2 cm³/mol. The smallest absolute Gasteiger partial charge is 0.310 e. The molecule has 1 heterocycles. The molecule has 1 unspecified atom stereocenters. The van der Waals surface area contributed by atoms with Gasteiger partial charge in [-0.05, 0) is 68.7 Å². The van der Waals surface area contributed by atoms with Crippen molar-refractivity contribution in [3.8, 4) is 0 Å². The van der Waals surface area contributed by atoms with Gasteiger partial charge in [0.15, 0.2) is 0 Å². The molecule has 5 nitrogen and oxygen atoms in total. The Balaban J connectivity index is 1.81. The quantitative estimate of drug-likeness (QED) is 0.782. The van der Waals surface area contributed by atoms with Crippen molar-refractivity contribution in [1.82, 2.24) is 4.31 Å². The Morgan fingerprint density at radius 2 is 1.96 bits per heavy atom. The van der Waals surface area contributed by atoms with Gasteiger partial charge >= 0.3 is 5.97 Å². The molecule has 3 rings (SSSR count). The second kappa shape index (κ2) is 7.23. The van der Waals surface area contributed by atoms with Crippen LogP contribution in [-0.4, -0.2) is 38.4 Å². The average Bonchev–Trinajstić information content (AvgIpc) is 2.61. The van der Waals surface area contributed by atoms with Gasteiger partial charge in [0.1, 0.15) is 0 Å². The number of benzene rings is 1. The van der Waals surface area contributed by atoms with Crippen LogP contribution in [0.4, 0.5) is 0 Å². The number of esters is 1. The summed E-state index contributed by atoms with van der Waals surface area (Å²) in [5.41, 5.74) is 2.42. The molecule has 0 saturated carbocycles. The molecule has 1 aromatic rings. The van der Waals surface area contributed by atoms with Crippen LogP contribution in [0.2, 0.25) is 0 Å². The number of rotatable bonds is 4. The minimum Gasteiger partial charge on any atom is -0.466 e. The van der Waals surface area contributed by atoms with E-state index in [0.29, 0.717) is 30.9 Å². The average molecular weight is 351 g/mol. The third kappa shape index (κ3) is 3.49. The lowest BCUT2D eigenvalue weighted by Gasteiger charge is -2.31. The lowest BCUT2D eigenvalue weighted by molar-refractivity contribution is -0.149. The van der Waals surface area contributed by atoms with Crippen LogP contribution in [0.5, 0.6) is 0 Å². The molecule has 1 aliphatic heterocycles. The van der Waals surface area contributed by atoms with Crippen molar-refractivity contribution in [2.45, 2.75) is 50.3 Å². The van der Waals surface area contributed by atoms with E-state index in [2.05, 4.69) is 0 Å². The number of piperidine rings is 1. The van der Waals surface area contributed by atoms with Crippen LogP contribution in [0.15, 0.2) is 23.1 Å². The second-order valence-electron chi connectivity index (χ2n) is 6.59. The fraction of sp³-hybridized carbons (Fsp3) is 0.611. The lowest BCUT2D eigenvalue weighted by atomic mass is 9.92. The van der Waals surface area contributed by atoms with E-state index in [4.69, 9.17) is 4.74 Å². The van der Waals surface area contributed by atoms with Crippen molar-refractivity contribution in [1.29, 1.82) is 0 Å². The fourth-order valence-electron chi connectivity index (χ4n) is 3.63. The number of nitrogens with zero attached hydrogens (tertiary/aromatic N) is 1. The Bertz CT molecular complexity index is 714. The first-order valence-electron chi connectivity index (χ1n) is 8.81. The Morgan fingerprint density at radius 3 is 2.71 bits per heavy atom. The van der Waals surface area contributed by atoms with Gasteiger partial charge in [-0.1, -0.05) is 6.07 Å². The highest BCUT2D eigenvalue weighted by Crippen LogP contribution is 2.28. The zero-order valence-electron chi connectivity index (χ0n) is 14.2. The molecule has 1 fully saturated rings. The Morgan fingerprint density at radius 1 is 1.21 bits per heavy atom. The van der Waals surface area contributed by atoms with Crippen molar-refractivity contribution < 1.29 is 17.9 Å². The van der Waals surface area contributed by atoms with Gasteiger partial charge in [-0.25, -0.2) is 8.42 Å². The van der Waals surface area contributed by atoms with Gasteiger partial charge < -0.3 is 4.74 Å². The van der Waals surface area contributed by atoms with E-state index in [-0.39, 0.29) is 18.4 Å². The number of hydrogen-bond acceptors (Lipinski definition) is 4. The monoisotopic (exact) mass is 351 g/mol. The zero-order chi connectivity index (χ0) is 17.2. The predicted octanol–water partition coefficient (Wildman–Crippen LogP) is 2.53. The molecular formula is C18H25NO4S. The van der Waals surface area contributed by atoms with Gasteiger partial charge in [0.05, 0.1) is 17.4 Å². The summed E-state index contributed by atoms with van der Waals surface area (Å²) in [5, 5.41) is 0. The standard InChI is InChI=1S/C18H25NO4S/c1-2-23-18(20)16-8-5-11-19(13-16)24(21,22)17-10-9-14-6-3-4-7-15(14)12-17/h9-10,12,16H,2-8,11,13H2,1H3. The van der Waals surface area contributed by atoms with Crippen LogP contribution in [0.1, 0.15) is 43.7 Å². The molecule has 0 N–H and O–H groups in total. The summed E-state index contributed by atoms with van der Waals surface area (Å²) in [6, 6.07) is 5.50. The van der Waals surface area contributed by atoms with Gasteiger partial charge in [0.2, 0.25) is 10.0 Å². The third-order valence-corrected chi connectivity index (χ3v) is 6.82. The summed E-state index contributed by atoms with van der Waals surface area (Å²) in [6.07, 6.45) is 5.65. The summed E-state index contributed by atoms with van der Waals surface area (Å²) in [5.74, 6) is -0.644. The molecule has 0 amide bonds. The summed E-state index contributed by atoms with van der Waals surface area (Å²) in [6.45, 7) is 2.78. The highest BCUT2D eigenvalue weighted by atomic mass is 32.2. The van der Waals surface area contributed by atoms with Crippen molar-refractivity contribution in [3.05, 3.63) is 29.3 Å². The highest BCUT2D eigenvalue weighted by Gasteiger charge is 2.34. The van der Waals surface area contributed by atoms with E-state index in [1.807, 2.05) is 12.1 Å². The maximum atomic E-state index is 13.0. The number of carbonyl (C=O) groups is 1. The number of fused-ring (bicyclic) bond motifs is 1. The molecular weight excluding hydrogens is 326 g/mol. The SMILES string of the molecule is CCOC(=O)C1CCCN(S(=O)(=O)c2ccc3c(c2)CCCC3)C1. The van der Waals surface area contributed by atoms with E-state index in [9.17, 15) is 13.2 Å². The van der Waals surface area contributed by atoms with Gasteiger partial charge in [0, 0.05) is 13.1 Å². The molecule has 24 heavy (non-hydrogen) atoms. The van der Waals surface area contributed by atoms with Crippen molar-refractivity contribution in [3.63, 3.8) is 0 Å². The molecule has 1 atom stereocenters. The molecule has 132 valence electrons. The highest BCUT2D eigenvalue weighted by molar-refractivity contribution is 7.89. The maximum absolute atomic E-state index is 13.0. The normalized spacial score (nSPS) is 22.0. The van der Waals surface area contributed by atoms with Gasteiger partial charge in [-0.3, -0.25) is 4.79 Å². The number of carbonyl (C=O) groups excluding carboxylic acids is 1. The maximum Gasteiger partial charge on any atom is 0.310 e. The van der Waals surface area contributed by atoms with Crippen LogP contribution in [-0.2, 0) is 32.4 Å². The first kappa shape index (κ1) is 17.4. The molecule has 6 heteroatoms. The van der Waals surface area contributed by atoms with Crippen molar-refractivity contribution in [2.24, 2.45) is 5.92 Å². The first-order valence-corrected chi connectivity index (χ1v) is 10.2. The zero-order valence-corrected chi connectivity index (χ0v) is 15.0. The van der Waals surface area contributed by atoms with E-state index in [1.54, 1.807) is 13.0 Å². The Labute approximate surface area is 144 Å². The van der Waals surface area contributed by atoms with Crippen LogP contribution < -0.4 is 0 Å². The number of ether oxygens (including phenoxy) is 1. The van der Waals surface area contributed by atoms with Gasteiger partial charge in [-0.2, -0.15) is 4.31 Å². The van der Waals surface area contributed by atoms with Crippen LogP contribution in [0, 0.1) is 5.92 Å². The van der Waals surface area contributed by atoms with E-state index >= 15 is 0 Å². The lowest BCUT2D eigenvalue weighted by Crippen LogP contribution is -2.42. The molecule has 0 bridgehead atoms. The minimum absolute atomic E-state index is 0.220. The molecule has 2 aliphatic rings. The Kier molecular flexibility index (Phi) is 5.25. The molecule has 0 spiro atoms. The summed E-state index contributed by atoms with van der Waals surface area (Å²) < 4.78 is 32.5. The second-order valence-corrected chi connectivity index (χ2v) is 8.53. The topological polar surface area (TPSA) is 63.7 Å². The molecule has 0 aromatic heterocycles. The minimum atomic E-state index is -3.55. The fourth-order valence-corrected chi connectivity index (χ4v) is 5.21. The molecule has 0 radical (unpaired) electrons. The largest absolute Gasteiger partial charge is 0.466 e. The van der Waals surface area contributed by atoms with Crippen LogP contribution in [0.3, 0.4) is 0 Å². The van der Waals surface area contributed by atoms with Gasteiger partial charge in [0.25, 0.3) is 0 Å². The summed E-state index contributed by atoms with van der Waals surface area (Å²) in [4.78, 5) is 12.3. The number of sulfonamides is 1. The van der Waals surface area contributed by atoms with Crippen molar-refractivity contribution >= 4 is 16.0 Å². The third-order valence-electron chi connectivity index (χ3n) is 4.96. The Hall–Kier alpha value is -1.40. The van der Waals surface area contributed by atoms with E-state index in [0.717, 1.165) is 24.8 Å². The molecule has 1 aromatic carbocycles. The number of hydrogen-bond donors (Lipinski definition) is 0. The summed E-state index contributed by atoms with van der Waals surface area (Å²) >= 11 is 0. The van der Waals surface area contributed by atoms with E-state index < -0.39 is 10.0 Å². The van der Waals surface area contributed by atoms with E-state index in [1.165, 1.54) is 16.3 Å². The molecule has 1 aliphatic carbocycles. The van der Waals surface area contributed by atoms with Gasteiger partial charge in [-0.15, -0.1) is 0 Å². The van der Waals surface area contributed by atoms with Crippen LogP contribution in [0.25, 0.3) is 0 Å². The number of aryl methyl sites for hydroxylation is 2. The first-order chi connectivity index (χ1) is 11.5. The van der Waals surface area contributed by atoms with Crippen molar-refractivity contribution in [2.75, 3.05) is 19.7 Å². The molecule has 1 saturated heterocycles. The van der Waals surface area contributed by atoms with Crippen LogP contribution >= 0.6 is 0 Å².